The average Bonchev–Trinajstić information content (AvgIpc) is 3.26. The van der Waals surface area contributed by atoms with Gasteiger partial charge in [-0.2, -0.15) is 8.42 Å². The van der Waals surface area contributed by atoms with Crippen molar-refractivity contribution in [2.75, 3.05) is 19.0 Å². The summed E-state index contributed by atoms with van der Waals surface area (Å²) in [7, 11) is -4.62. The number of aliphatic hydroxyl groups excluding tert-OH is 3. The van der Waals surface area contributed by atoms with E-state index in [1.54, 1.807) is 0 Å². The van der Waals surface area contributed by atoms with Crippen LogP contribution in [0.5, 0.6) is 0 Å². The minimum atomic E-state index is -4.62. The molecular weight excluding hydrogens is 837 g/mol. The zero-order valence-corrected chi connectivity index (χ0v) is 40.2. The van der Waals surface area contributed by atoms with Crippen molar-refractivity contribution in [2.45, 2.75) is 218 Å². The molecule has 0 aromatic carbocycles. The van der Waals surface area contributed by atoms with Gasteiger partial charge in [0.2, 0.25) is 0 Å². The van der Waals surface area contributed by atoms with Crippen LogP contribution in [0.25, 0.3) is 0 Å². The number of allylic oxidation sites excluding steroid dienone is 12. The van der Waals surface area contributed by atoms with E-state index in [1.807, 2.05) is 54.7 Å². The summed E-state index contributed by atoms with van der Waals surface area (Å²) in [6.07, 6.45) is 42.6. The maximum absolute atomic E-state index is 12.8. The molecule has 4 N–H and O–H groups in total. The third-order valence-electron chi connectivity index (χ3n) is 10.9. The van der Waals surface area contributed by atoms with Gasteiger partial charge in [-0.3, -0.25) is 14.1 Å². The third kappa shape index (κ3) is 34.4. The predicted molar refractivity (Wildman–Crippen MR) is 256 cm³/mol. The van der Waals surface area contributed by atoms with E-state index in [-0.39, 0.29) is 19.4 Å². The summed E-state index contributed by atoms with van der Waals surface area (Å²) < 4.78 is 54.0. The van der Waals surface area contributed by atoms with Crippen LogP contribution in [0.1, 0.15) is 181 Å². The van der Waals surface area contributed by atoms with Gasteiger partial charge in [0.15, 0.2) is 12.4 Å². The highest BCUT2D eigenvalue weighted by Gasteiger charge is 2.46. The fourth-order valence-corrected chi connectivity index (χ4v) is 7.80. The number of hydrogen-bond acceptors (Lipinski definition) is 11. The van der Waals surface area contributed by atoms with Crippen molar-refractivity contribution in [3.8, 4) is 0 Å². The SMILES string of the molecule is CC/C=C/C=C/C=C/C=C/C=C/CCCC(=O)OC(COC(=O)CCCCCCCCC/C=C/CCCCCCCCCCCCCC)CO[C@H]1O[C@H](CS(=O)(=O)O)[C@@H](O)C(O)C1O. The molecule has 13 heteroatoms. The van der Waals surface area contributed by atoms with Crippen molar-refractivity contribution < 1.29 is 56.8 Å². The van der Waals surface area contributed by atoms with Crippen molar-refractivity contribution in [3.05, 3.63) is 72.9 Å². The molecule has 1 saturated heterocycles. The van der Waals surface area contributed by atoms with Crippen molar-refractivity contribution in [1.29, 1.82) is 0 Å². The van der Waals surface area contributed by atoms with Gasteiger partial charge in [0, 0.05) is 12.8 Å². The fourth-order valence-electron chi connectivity index (χ4n) is 7.11. The Bertz CT molecular complexity index is 1450. The van der Waals surface area contributed by atoms with Crippen molar-refractivity contribution in [3.63, 3.8) is 0 Å². The quantitative estimate of drug-likeness (QED) is 0.0150. The van der Waals surface area contributed by atoms with Crippen molar-refractivity contribution >= 4 is 22.1 Å². The van der Waals surface area contributed by atoms with Gasteiger partial charge in [0.1, 0.15) is 36.8 Å². The normalized spacial score (nSPS) is 20.2. The summed E-state index contributed by atoms with van der Waals surface area (Å²) in [5.41, 5.74) is 0. The second-order valence-corrected chi connectivity index (χ2v) is 18.4. The molecule has 1 fully saturated rings. The number of esters is 2. The Hall–Kier alpha value is -2.91. The fraction of sp³-hybridized carbons (Fsp3) is 0.725. The lowest BCUT2D eigenvalue weighted by molar-refractivity contribution is -0.297. The Kier molecular flexibility index (Phi) is 37.3. The number of unbranched alkanes of at least 4 members (excludes halogenated alkanes) is 20. The van der Waals surface area contributed by atoms with Crippen LogP contribution in [0.3, 0.4) is 0 Å². The molecule has 1 rings (SSSR count). The Labute approximate surface area is 387 Å². The van der Waals surface area contributed by atoms with E-state index in [1.165, 1.54) is 96.3 Å². The smallest absolute Gasteiger partial charge is 0.306 e. The number of hydrogen-bond donors (Lipinski definition) is 4. The molecule has 1 aliphatic heterocycles. The molecular formula is C51H86O12S. The van der Waals surface area contributed by atoms with E-state index in [0.717, 1.165) is 38.5 Å². The van der Waals surface area contributed by atoms with Gasteiger partial charge in [-0.05, 0) is 51.4 Å². The maximum atomic E-state index is 12.8. The Morgan fingerprint density at radius 1 is 0.547 bits per heavy atom. The molecule has 0 aromatic rings. The van der Waals surface area contributed by atoms with Crippen LogP contribution in [0.2, 0.25) is 0 Å². The van der Waals surface area contributed by atoms with E-state index in [0.29, 0.717) is 19.3 Å². The molecule has 0 aliphatic carbocycles. The lowest BCUT2D eigenvalue weighted by Gasteiger charge is -2.40. The number of rotatable bonds is 40. The molecule has 3 unspecified atom stereocenters. The Morgan fingerprint density at radius 2 is 1.02 bits per heavy atom. The lowest BCUT2D eigenvalue weighted by atomic mass is 10.00. The molecule has 0 radical (unpaired) electrons. The van der Waals surface area contributed by atoms with Crippen LogP contribution in [-0.4, -0.2) is 96.0 Å². The monoisotopic (exact) mass is 923 g/mol. The standard InChI is InChI=1S/C51H86O12S/c1-3-5-7-9-11-13-15-17-18-19-20-21-22-23-24-25-26-28-29-31-33-35-37-39-46(52)60-41-44(42-61-51-50(56)49(55)48(54)45(63-51)43-64(57,58)59)62-47(53)40-38-36-34-32-30-27-16-14-12-10-8-6-4-2/h6,8,10,12,14,16,23-24,27,30,32,34,44-45,48-51,54-56H,3-5,7,9,11,13,15,17-22,25-26,28-29,31,33,35-43H2,1-2H3,(H,57,58,59)/b8-6+,12-10+,16-14+,24-23+,30-27+,34-32+/t44?,45-,48-,49?,50?,51+/m1/s1. The molecule has 0 amide bonds. The number of carbonyl (C=O) groups is 2. The number of aliphatic hydroxyl groups is 3. The minimum Gasteiger partial charge on any atom is -0.462 e. The van der Waals surface area contributed by atoms with Gasteiger partial charge in [-0.1, -0.05) is 189 Å². The predicted octanol–water partition coefficient (Wildman–Crippen LogP) is 10.7. The molecule has 368 valence electrons. The van der Waals surface area contributed by atoms with E-state index in [2.05, 4.69) is 32.1 Å². The van der Waals surface area contributed by atoms with Crippen LogP contribution in [-0.2, 0) is 38.7 Å². The number of carbonyl (C=O) groups excluding carboxylic acids is 2. The van der Waals surface area contributed by atoms with Gasteiger partial charge in [-0.25, -0.2) is 0 Å². The van der Waals surface area contributed by atoms with Crippen LogP contribution in [0.15, 0.2) is 72.9 Å². The van der Waals surface area contributed by atoms with Gasteiger partial charge in [0.05, 0.1) is 6.61 Å². The van der Waals surface area contributed by atoms with Gasteiger partial charge in [-0.15, -0.1) is 0 Å². The highest BCUT2D eigenvalue weighted by molar-refractivity contribution is 7.85. The topological polar surface area (TPSA) is 186 Å². The molecule has 0 saturated carbocycles. The van der Waals surface area contributed by atoms with Crippen molar-refractivity contribution in [1.82, 2.24) is 0 Å². The first-order valence-corrected chi connectivity index (χ1v) is 26.2. The molecule has 6 atom stereocenters. The van der Waals surface area contributed by atoms with E-state index >= 15 is 0 Å². The molecule has 64 heavy (non-hydrogen) atoms. The van der Waals surface area contributed by atoms with E-state index < -0.39 is 71.2 Å². The molecule has 0 bridgehead atoms. The summed E-state index contributed by atoms with van der Waals surface area (Å²) >= 11 is 0. The zero-order chi connectivity index (χ0) is 46.9. The maximum Gasteiger partial charge on any atom is 0.306 e. The Balaban J connectivity index is 2.38. The van der Waals surface area contributed by atoms with Gasteiger partial charge < -0.3 is 34.3 Å². The highest BCUT2D eigenvalue weighted by atomic mass is 32.2. The van der Waals surface area contributed by atoms with Gasteiger partial charge in [0.25, 0.3) is 10.1 Å². The van der Waals surface area contributed by atoms with E-state index in [4.69, 9.17) is 18.9 Å². The zero-order valence-electron chi connectivity index (χ0n) is 39.4. The summed E-state index contributed by atoms with van der Waals surface area (Å²) in [6, 6.07) is 0. The number of ether oxygens (including phenoxy) is 4. The summed E-state index contributed by atoms with van der Waals surface area (Å²) in [6.45, 7) is 3.56. The molecule has 0 aromatic heterocycles. The first-order chi connectivity index (χ1) is 31.0. The molecule has 1 aliphatic rings. The van der Waals surface area contributed by atoms with Crippen molar-refractivity contribution in [2.24, 2.45) is 0 Å². The van der Waals surface area contributed by atoms with Crippen LogP contribution < -0.4 is 0 Å². The largest absolute Gasteiger partial charge is 0.462 e. The Morgan fingerprint density at radius 3 is 1.55 bits per heavy atom. The van der Waals surface area contributed by atoms with Gasteiger partial charge >= 0.3 is 11.9 Å². The first kappa shape index (κ1) is 59.1. The molecule has 0 spiro atoms. The highest BCUT2D eigenvalue weighted by Crippen LogP contribution is 2.24. The lowest BCUT2D eigenvalue weighted by Crippen LogP contribution is -2.60. The summed E-state index contributed by atoms with van der Waals surface area (Å²) in [5.74, 6) is -2.09. The summed E-state index contributed by atoms with van der Waals surface area (Å²) in [4.78, 5) is 25.4. The average molecular weight is 923 g/mol. The summed E-state index contributed by atoms with van der Waals surface area (Å²) in [5, 5.41) is 30.9. The third-order valence-corrected chi connectivity index (χ3v) is 11.6. The second-order valence-electron chi connectivity index (χ2n) is 16.9. The molecule has 1 heterocycles. The van der Waals surface area contributed by atoms with Crippen LogP contribution >= 0.6 is 0 Å². The van der Waals surface area contributed by atoms with E-state index in [9.17, 15) is 37.9 Å². The second kappa shape index (κ2) is 40.4. The van der Waals surface area contributed by atoms with Crippen LogP contribution in [0, 0.1) is 0 Å². The minimum absolute atomic E-state index is 0.0641. The first-order valence-electron chi connectivity index (χ1n) is 24.6. The van der Waals surface area contributed by atoms with Crippen LogP contribution in [0.4, 0.5) is 0 Å². The molecule has 12 nitrogen and oxygen atoms in total.